The second kappa shape index (κ2) is 12.2. The van der Waals surface area contributed by atoms with E-state index >= 15 is 0 Å². The van der Waals surface area contributed by atoms with Gasteiger partial charge in [0.05, 0.1) is 5.56 Å². The summed E-state index contributed by atoms with van der Waals surface area (Å²) in [5.74, 6) is -1.99. The van der Waals surface area contributed by atoms with Crippen molar-refractivity contribution in [3.05, 3.63) is 64.7 Å². The van der Waals surface area contributed by atoms with Crippen LogP contribution in [0.25, 0.3) is 0 Å². The van der Waals surface area contributed by atoms with Crippen LogP contribution < -0.4 is 11.1 Å². The highest BCUT2D eigenvalue weighted by atomic mass is 35.5. The van der Waals surface area contributed by atoms with Crippen molar-refractivity contribution in [1.29, 1.82) is 0 Å². The monoisotopic (exact) mass is 504 g/mol. The molecule has 9 nitrogen and oxygen atoms in total. The van der Waals surface area contributed by atoms with Crippen molar-refractivity contribution in [2.75, 3.05) is 12.3 Å². The number of carbonyl (C=O) groups excluding carboxylic acids is 4. The van der Waals surface area contributed by atoms with E-state index in [0.717, 1.165) is 0 Å². The number of hydrogen-bond acceptors (Lipinski definition) is 8. The molecule has 0 bridgehead atoms. The van der Waals surface area contributed by atoms with Gasteiger partial charge in [0.25, 0.3) is 0 Å². The average Bonchev–Trinajstić information content (AvgIpc) is 2.76. The predicted molar refractivity (Wildman–Crippen MR) is 130 cm³/mol. The van der Waals surface area contributed by atoms with Crippen molar-refractivity contribution in [2.45, 2.75) is 51.9 Å². The van der Waals surface area contributed by atoms with Crippen molar-refractivity contribution in [3.63, 3.8) is 0 Å². The summed E-state index contributed by atoms with van der Waals surface area (Å²) in [6, 6.07) is 11.3. The largest absolute Gasteiger partial charge is 0.460 e. The molecule has 0 heterocycles. The lowest BCUT2D eigenvalue weighted by Crippen LogP contribution is -2.46. The first-order valence-corrected chi connectivity index (χ1v) is 11.2. The van der Waals surface area contributed by atoms with E-state index in [4.69, 9.17) is 31.5 Å². The van der Waals surface area contributed by atoms with E-state index in [1.54, 1.807) is 58.0 Å². The SMILES string of the molecule is CC(COC(=O)C(CC(=O)c1ccc(Cl)cc1N)NC(=O)OC(C)(C)C)OC(=O)c1ccccc1. The first-order valence-electron chi connectivity index (χ1n) is 10.9. The minimum Gasteiger partial charge on any atom is -0.460 e. The molecule has 2 rings (SSSR count). The second-order valence-electron chi connectivity index (χ2n) is 8.77. The van der Waals surface area contributed by atoms with Gasteiger partial charge in [-0.2, -0.15) is 0 Å². The maximum absolute atomic E-state index is 12.8. The number of nitrogens with two attached hydrogens (primary N) is 1. The van der Waals surface area contributed by atoms with Crippen molar-refractivity contribution in [3.8, 4) is 0 Å². The number of hydrogen-bond donors (Lipinski definition) is 2. The van der Waals surface area contributed by atoms with Gasteiger partial charge in [0.15, 0.2) is 5.78 Å². The summed E-state index contributed by atoms with van der Waals surface area (Å²) >= 11 is 5.88. The van der Waals surface area contributed by atoms with E-state index in [1.807, 2.05) is 0 Å². The van der Waals surface area contributed by atoms with Crippen LogP contribution in [0.1, 0.15) is 54.8 Å². The first kappa shape index (κ1) is 27.7. The van der Waals surface area contributed by atoms with Gasteiger partial charge in [0, 0.05) is 22.7 Å². The lowest BCUT2D eigenvalue weighted by atomic mass is 10.0. The topological polar surface area (TPSA) is 134 Å². The van der Waals surface area contributed by atoms with Crippen molar-refractivity contribution >= 4 is 41.1 Å². The fraction of sp³-hybridized carbons (Fsp3) is 0.360. The number of ketones is 1. The Hall–Kier alpha value is -3.59. The lowest BCUT2D eigenvalue weighted by molar-refractivity contribution is -0.149. The Morgan fingerprint density at radius 2 is 1.71 bits per heavy atom. The third-order valence-corrected chi connectivity index (χ3v) is 4.69. The van der Waals surface area contributed by atoms with E-state index < -0.39 is 48.0 Å². The molecule has 2 aromatic carbocycles. The van der Waals surface area contributed by atoms with Gasteiger partial charge in [-0.15, -0.1) is 0 Å². The van der Waals surface area contributed by atoms with Gasteiger partial charge in [0.1, 0.15) is 24.4 Å². The molecule has 0 aliphatic carbocycles. The zero-order valence-corrected chi connectivity index (χ0v) is 20.8. The highest BCUT2D eigenvalue weighted by Gasteiger charge is 2.29. The van der Waals surface area contributed by atoms with E-state index in [0.29, 0.717) is 10.6 Å². The Labute approximate surface area is 208 Å². The summed E-state index contributed by atoms with van der Waals surface area (Å²) in [4.78, 5) is 50.0. The molecule has 2 unspecified atom stereocenters. The maximum Gasteiger partial charge on any atom is 0.408 e. The molecule has 188 valence electrons. The predicted octanol–water partition coefficient (Wildman–Crippen LogP) is 4.18. The average molecular weight is 505 g/mol. The number of ether oxygens (including phenoxy) is 3. The number of anilines is 1. The van der Waals surface area contributed by atoms with E-state index in [9.17, 15) is 19.2 Å². The molecule has 10 heteroatoms. The standard InChI is InChI=1S/C25H29ClN2O7/c1-15(34-22(30)16-8-6-5-7-9-16)14-33-23(31)20(28-24(32)35-25(2,3)4)13-21(29)18-11-10-17(26)12-19(18)27/h5-12,15,20H,13-14,27H2,1-4H3,(H,28,32). The van der Waals surface area contributed by atoms with E-state index in [2.05, 4.69) is 5.32 Å². The van der Waals surface area contributed by atoms with Gasteiger partial charge in [-0.1, -0.05) is 29.8 Å². The fourth-order valence-electron chi connectivity index (χ4n) is 2.89. The van der Waals surface area contributed by atoms with Crippen LogP contribution in [0.15, 0.2) is 48.5 Å². The molecule has 1 amide bonds. The zero-order valence-electron chi connectivity index (χ0n) is 20.0. The van der Waals surface area contributed by atoms with Crippen molar-refractivity contribution < 1.29 is 33.4 Å². The smallest absolute Gasteiger partial charge is 0.408 e. The minimum atomic E-state index is -1.37. The van der Waals surface area contributed by atoms with Crippen LogP contribution in [-0.2, 0) is 19.0 Å². The zero-order chi connectivity index (χ0) is 26.2. The molecule has 0 spiro atoms. The van der Waals surface area contributed by atoms with Gasteiger partial charge in [-0.3, -0.25) is 4.79 Å². The number of nitrogens with one attached hydrogen (secondary N) is 1. The summed E-state index contributed by atoms with van der Waals surface area (Å²) in [7, 11) is 0. The number of rotatable bonds is 9. The molecule has 0 aliphatic rings. The molecule has 0 saturated carbocycles. The third kappa shape index (κ3) is 9.29. The number of alkyl carbamates (subject to hydrolysis) is 1. The van der Waals surface area contributed by atoms with Gasteiger partial charge in [-0.25, -0.2) is 14.4 Å². The van der Waals surface area contributed by atoms with Crippen LogP contribution in [0.3, 0.4) is 0 Å². The Kier molecular flexibility index (Phi) is 9.65. The van der Waals surface area contributed by atoms with Crippen LogP contribution in [0.4, 0.5) is 10.5 Å². The summed E-state index contributed by atoms with van der Waals surface area (Å²) in [5.41, 5.74) is 5.66. The molecular weight excluding hydrogens is 476 g/mol. The molecule has 0 saturated heterocycles. The molecule has 0 aromatic heterocycles. The third-order valence-electron chi connectivity index (χ3n) is 4.46. The first-order chi connectivity index (χ1) is 16.4. The van der Waals surface area contributed by atoms with Gasteiger partial charge in [0.2, 0.25) is 0 Å². The molecule has 0 radical (unpaired) electrons. The summed E-state index contributed by atoms with van der Waals surface area (Å²) < 4.78 is 15.7. The normalized spacial score (nSPS) is 12.7. The van der Waals surface area contributed by atoms with Crippen LogP contribution >= 0.6 is 11.6 Å². The van der Waals surface area contributed by atoms with Crippen molar-refractivity contribution in [2.24, 2.45) is 0 Å². The quantitative estimate of drug-likeness (QED) is 0.225. The molecule has 2 aromatic rings. The fourth-order valence-corrected chi connectivity index (χ4v) is 3.07. The number of amides is 1. The Morgan fingerprint density at radius 3 is 2.31 bits per heavy atom. The number of carbonyl (C=O) groups is 4. The number of nitrogen functional groups attached to an aromatic ring is 1. The van der Waals surface area contributed by atoms with Gasteiger partial charge in [-0.05, 0) is 58.0 Å². The summed E-state index contributed by atoms with van der Waals surface area (Å²) in [5, 5.41) is 2.71. The summed E-state index contributed by atoms with van der Waals surface area (Å²) in [6.07, 6.45) is -2.13. The number of benzene rings is 2. The maximum atomic E-state index is 12.8. The molecule has 35 heavy (non-hydrogen) atoms. The van der Waals surface area contributed by atoms with Crippen molar-refractivity contribution in [1.82, 2.24) is 5.32 Å². The Morgan fingerprint density at radius 1 is 1.06 bits per heavy atom. The lowest BCUT2D eigenvalue weighted by Gasteiger charge is -2.23. The van der Waals surface area contributed by atoms with Crippen LogP contribution in [0.5, 0.6) is 0 Å². The molecule has 2 atom stereocenters. The Bertz CT molecular complexity index is 1070. The number of esters is 2. The van der Waals surface area contributed by atoms with Gasteiger partial charge >= 0.3 is 18.0 Å². The highest BCUT2D eigenvalue weighted by molar-refractivity contribution is 6.31. The minimum absolute atomic E-state index is 0.133. The molecule has 0 aliphatic heterocycles. The van der Waals surface area contributed by atoms with Gasteiger partial charge < -0.3 is 25.3 Å². The second-order valence-corrected chi connectivity index (χ2v) is 9.21. The van der Waals surface area contributed by atoms with Crippen LogP contribution in [0, 0.1) is 0 Å². The summed E-state index contributed by atoms with van der Waals surface area (Å²) in [6.45, 7) is 6.22. The highest BCUT2D eigenvalue weighted by Crippen LogP contribution is 2.20. The molecule has 3 N–H and O–H groups in total. The number of Topliss-reactive ketones (excluding diaryl/α,β-unsaturated/α-hetero) is 1. The van der Waals surface area contributed by atoms with Crippen LogP contribution in [0.2, 0.25) is 5.02 Å². The van der Waals surface area contributed by atoms with Crippen LogP contribution in [-0.4, -0.2) is 48.2 Å². The Balaban J connectivity index is 2.06. The van der Waals surface area contributed by atoms with E-state index in [-0.39, 0.29) is 17.9 Å². The molecular formula is C25H29ClN2O7. The number of halogens is 1. The van der Waals surface area contributed by atoms with E-state index in [1.165, 1.54) is 18.2 Å². The molecule has 0 fully saturated rings.